The number of carbonyl (C=O) groups is 1. The standard InChI is InChI=1S/C16H22FNO2/c1-11-3-5-12(6-4-11)10-18-15-8-7-13(17)9-14(15)16(19)20-2/h7-9,11-12,18H,3-6,10H2,1-2H3. The maximum atomic E-state index is 13.2. The number of carbonyl (C=O) groups excluding carboxylic acids is 1. The summed E-state index contributed by atoms with van der Waals surface area (Å²) in [7, 11) is 1.31. The Morgan fingerprint density at radius 1 is 1.35 bits per heavy atom. The van der Waals surface area contributed by atoms with E-state index in [9.17, 15) is 9.18 Å². The van der Waals surface area contributed by atoms with E-state index in [2.05, 4.69) is 12.2 Å². The zero-order valence-electron chi connectivity index (χ0n) is 12.1. The van der Waals surface area contributed by atoms with Crippen molar-refractivity contribution in [1.29, 1.82) is 0 Å². The van der Waals surface area contributed by atoms with Crippen LogP contribution in [0.3, 0.4) is 0 Å². The van der Waals surface area contributed by atoms with Crippen molar-refractivity contribution in [3.05, 3.63) is 29.6 Å². The van der Waals surface area contributed by atoms with E-state index in [1.807, 2.05) is 0 Å². The van der Waals surface area contributed by atoms with E-state index >= 15 is 0 Å². The fraction of sp³-hybridized carbons (Fsp3) is 0.562. The van der Waals surface area contributed by atoms with Gasteiger partial charge in [-0.05, 0) is 42.9 Å². The number of ether oxygens (including phenoxy) is 1. The van der Waals surface area contributed by atoms with Crippen molar-refractivity contribution >= 4 is 11.7 Å². The quantitative estimate of drug-likeness (QED) is 0.851. The average molecular weight is 279 g/mol. The van der Waals surface area contributed by atoms with Crippen LogP contribution in [0.15, 0.2) is 18.2 Å². The molecule has 3 nitrogen and oxygen atoms in total. The van der Waals surface area contributed by atoms with Crippen molar-refractivity contribution in [2.45, 2.75) is 32.6 Å². The van der Waals surface area contributed by atoms with Crippen LogP contribution in [-0.2, 0) is 4.74 Å². The average Bonchev–Trinajstić information content (AvgIpc) is 2.46. The van der Waals surface area contributed by atoms with Gasteiger partial charge in [-0.2, -0.15) is 0 Å². The van der Waals surface area contributed by atoms with Gasteiger partial charge in [0.2, 0.25) is 0 Å². The van der Waals surface area contributed by atoms with Crippen molar-refractivity contribution < 1.29 is 13.9 Å². The van der Waals surface area contributed by atoms with E-state index in [0.717, 1.165) is 12.5 Å². The van der Waals surface area contributed by atoms with Gasteiger partial charge in [0, 0.05) is 12.2 Å². The Morgan fingerprint density at radius 3 is 2.70 bits per heavy atom. The summed E-state index contributed by atoms with van der Waals surface area (Å²) in [6.07, 6.45) is 4.95. The Hall–Kier alpha value is -1.58. The Kier molecular flexibility index (Phi) is 4.99. The molecule has 0 spiro atoms. The normalized spacial score (nSPS) is 22.4. The smallest absolute Gasteiger partial charge is 0.340 e. The predicted octanol–water partition coefficient (Wildman–Crippen LogP) is 3.85. The zero-order valence-corrected chi connectivity index (χ0v) is 12.1. The summed E-state index contributed by atoms with van der Waals surface area (Å²) in [6.45, 7) is 3.11. The number of anilines is 1. The van der Waals surface area contributed by atoms with Crippen LogP contribution in [0.4, 0.5) is 10.1 Å². The van der Waals surface area contributed by atoms with Gasteiger partial charge >= 0.3 is 5.97 Å². The second-order valence-electron chi connectivity index (χ2n) is 5.69. The van der Waals surface area contributed by atoms with Gasteiger partial charge in [0.15, 0.2) is 0 Å². The van der Waals surface area contributed by atoms with Crippen molar-refractivity contribution in [1.82, 2.24) is 0 Å². The molecule has 0 bridgehead atoms. The van der Waals surface area contributed by atoms with Gasteiger partial charge in [0.1, 0.15) is 5.82 Å². The van der Waals surface area contributed by atoms with E-state index in [4.69, 9.17) is 4.74 Å². The zero-order chi connectivity index (χ0) is 14.5. The maximum absolute atomic E-state index is 13.2. The Bertz CT molecular complexity index is 468. The Balaban J connectivity index is 2.00. The molecule has 0 heterocycles. The summed E-state index contributed by atoms with van der Waals surface area (Å²) in [5, 5.41) is 3.27. The number of hydrogen-bond acceptors (Lipinski definition) is 3. The van der Waals surface area contributed by atoms with Gasteiger partial charge in [-0.25, -0.2) is 9.18 Å². The van der Waals surface area contributed by atoms with Gasteiger partial charge in [0.05, 0.1) is 12.7 Å². The number of halogens is 1. The summed E-state index contributed by atoms with van der Waals surface area (Å²) in [6, 6.07) is 4.18. The van der Waals surface area contributed by atoms with Crippen LogP contribution in [0, 0.1) is 17.7 Å². The van der Waals surface area contributed by atoms with E-state index in [1.54, 1.807) is 6.07 Å². The van der Waals surface area contributed by atoms with Crippen molar-refractivity contribution in [2.75, 3.05) is 19.0 Å². The van der Waals surface area contributed by atoms with Crippen molar-refractivity contribution in [3.63, 3.8) is 0 Å². The van der Waals surface area contributed by atoms with Crippen LogP contribution in [0.25, 0.3) is 0 Å². The highest BCUT2D eigenvalue weighted by molar-refractivity contribution is 5.95. The first kappa shape index (κ1) is 14.8. The molecule has 1 aromatic carbocycles. The first-order valence-electron chi connectivity index (χ1n) is 7.22. The molecule has 1 aliphatic carbocycles. The first-order valence-corrected chi connectivity index (χ1v) is 7.22. The molecule has 2 rings (SSSR count). The van der Waals surface area contributed by atoms with E-state index < -0.39 is 11.8 Å². The molecule has 0 amide bonds. The van der Waals surface area contributed by atoms with Gasteiger partial charge in [-0.3, -0.25) is 0 Å². The monoisotopic (exact) mass is 279 g/mol. The van der Waals surface area contributed by atoms with E-state index in [0.29, 0.717) is 11.6 Å². The second kappa shape index (κ2) is 6.73. The highest BCUT2D eigenvalue weighted by Gasteiger charge is 2.19. The highest BCUT2D eigenvalue weighted by Crippen LogP contribution is 2.29. The summed E-state index contributed by atoms with van der Waals surface area (Å²) in [5.74, 6) is 0.510. The number of nitrogens with one attached hydrogen (secondary N) is 1. The lowest BCUT2D eigenvalue weighted by atomic mass is 9.83. The molecular weight excluding hydrogens is 257 g/mol. The summed E-state index contributed by atoms with van der Waals surface area (Å²) in [4.78, 5) is 11.7. The number of esters is 1. The molecule has 20 heavy (non-hydrogen) atoms. The SMILES string of the molecule is COC(=O)c1cc(F)ccc1NCC1CCC(C)CC1. The maximum Gasteiger partial charge on any atom is 0.340 e. The van der Waals surface area contributed by atoms with Crippen LogP contribution >= 0.6 is 0 Å². The van der Waals surface area contributed by atoms with E-state index in [-0.39, 0.29) is 5.56 Å². The molecule has 0 unspecified atom stereocenters. The molecular formula is C16H22FNO2. The van der Waals surface area contributed by atoms with Gasteiger partial charge in [-0.1, -0.05) is 19.8 Å². The lowest BCUT2D eigenvalue weighted by molar-refractivity contribution is 0.0601. The van der Waals surface area contributed by atoms with Crippen LogP contribution in [0.2, 0.25) is 0 Å². The number of rotatable bonds is 4. The van der Waals surface area contributed by atoms with Crippen LogP contribution in [0.5, 0.6) is 0 Å². The molecule has 1 fully saturated rings. The van der Waals surface area contributed by atoms with E-state index in [1.165, 1.54) is 44.9 Å². The molecule has 0 radical (unpaired) electrons. The minimum Gasteiger partial charge on any atom is -0.465 e. The van der Waals surface area contributed by atoms with Crippen LogP contribution in [0.1, 0.15) is 43.0 Å². The van der Waals surface area contributed by atoms with Gasteiger partial charge in [-0.15, -0.1) is 0 Å². The number of hydrogen-bond donors (Lipinski definition) is 1. The first-order chi connectivity index (χ1) is 9.60. The molecule has 0 aliphatic heterocycles. The molecule has 0 saturated heterocycles. The Morgan fingerprint density at radius 2 is 2.05 bits per heavy atom. The lowest BCUT2D eigenvalue weighted by Gasteiger charge is -2.26. The molecule has 1 N–H and O–H groups in total. The van der Waals surface area contributed by atoms with Crippen molar-refractivity contribution in [2.24, 2.45) is 11.8 Å². The molecule has 1 aromatic rings. The third kappa shape index (κ3) is 3.71. The van der Waals surface area contributed by atoms with Crippen LogP contribution in [-0.4, -0.2) is 19.6 Å². The summed E-state index contributed by atoms with van der Waals surface area (Å²) < 4.78 is 17.9. The number of methoxy groups -OCH3 is 1. The highest BCUT2D eigenvalue weighted by atomic mass is 19.1. The fourth-order valence-corrected chi connectivity index (χ4v) is 2.74. The fourth-order valence-electron chi connectivity index (χ4n) is 2.74. The molecule has 1 saturated carbocycles. The molecule has 4 heteroatoms. The predicted molar refractivity (Wildman–Crippen MR) is 77.4 cm³/mol. The minimum absolute atomic E-state index is 0.261. The lowest BCUT2D eigenvalue weighted by Crippen LogP contribution is -2.21. The third-order valence-electron chi connectivity index (χ3n) is 4.10. The molecule has 0 aromatic heterocycles. The second-order valence-corrected chi connectivity index (χ2v) is 5.69. The molecule has 110 valence electrons. The number of benzene rings is 1. The van der Waals surface area contributed by atoms with Crippen LogP contribution < -0.4 is 5.32 Å². The summed E-state index contributed by atoms with van der Waals surface area (Å²) >= 11 is 0. The largest absolute Gasteiger partial charge is 0.465 e. The summed E-state index contributed by atoms with van der Waals surface area (Å²) in [5.41, 5.74) is 0.911. The minimum atomic E-state index is -0.510. The third-order valence-corrected chi connectivity index (χ3v) is 4.10. The molecule has 0 atom stereocenters. The van der Waals surface area contributed by atoms with Gasteiger partial charge in [0.25, 0.3) is 0 Å². The van der Waals surface area contributed by atoms with Crippen molar-refractivity contribution in [3.8, 4) is 0 Å². The van der Waals surface area contributed by atoms with Gasteiger partial charge < -0.3 is 10.1 Å². The molecule has 1 aliphatic rings. The Labute approximate surface area is 119 Å². The topological polar surface area (TPSA) is 38.3 Å².